The normalized spacial score (nSPS) is 10.6. The summed E-state index contributed by atoms with van der Waals surface area (Å²) in [5.74, 6) is 0.803. The molecule has 0 aliphatic heterocycles. The van der Waals surface area contributed by atoms with Crippen molar-refractivity contribution in [3.63, 3.8) is 0 Å². The topological polar surface area (TPSA) is 81.7 Å². The number of benzene rings is 3. The van der Waals surface area contributed by atoms with Crippen LogP contribution in [0.15, 0.2) is 60.7 Å². The molecule has 0 bridgehead atoms. The largest absolute Gasteiger partial charge is 0.493 e. The van der Waals surface area contributed by atoms with Crippen molar-refractivity contribution >= 4 is 44.8 Å². The quantitative estimate of drug-likeness (QED) is 0.358. The Hall–Kier alpha value is -3.69. The van der Waals surface area contributed by atoms with Gasteiger partial charge in [-0.15, -0.1) is 11.3 Å². The predicted octanol–water partition coefficient (Wildman–Crippen LogP) is 4.79. The molecule has 0 atom stereocenters. The molecule has 0 aliphatic rings. The fourth-order valence-electron chi connectivity index (χ4n) is 3.37. The molecule has 174 valence electrons. The minimum atomic E-state index is -0.386. The highest BCUT2D eigenvalue weighted by Crippen LogP contribution is 2.38. The number of hydrogen-bond donors (Lipinski definition) is 2. The lowest BCUT2D eigenvalue weighted by molar-refractivity contribution is 0.0976. The zero-order valence-electron chi connectivity index (χ0n) is 18.9. The number of amides is 1. The molecule has 1 heterocycles. The monoisotopic (exact) mass is 493 g/mol. The van der Waals surface area contributed by atoms with Crippen molar-refractivity contribution in [3.05, 3.63) is 71.8 Å². The van der Waals surface area contributed by atoms with E-state index in [1.807, 2.05) is 42.5 Å². The van der Waals surface area contributed by atoms with Crippen LogP contribution in [0.1, 0.15) is 15.9 Å². The van der Waals surface area contributed by atoms with E-state index >= 15 is 0 Å². The standard InChI is InChI=1S/C25H23N3O4S2/c1-30-19-12-17(13-20(31-2)22(19)32-3)23(29)28-25(33)26-14-15-8-10-16(11-9-15)24-27-18-6-4-5-7-21(18)34-24/h4-13H,14H2,1-3H3,(H2,26,28,29,33). The summed E-state index contributed by atoms with van der Waals surface area (Å²) in [6, 6.07) is 19.3. The molecule has 0 saturated heterocycles. The summed E-state index contributed by atoms with van der Waals surface area (Å²) in [6.07, 6.45) is 0. The number of carbonyl (C=O) groups excluding carboxylic acids is 1. The molecule has 4 aromatic rings. The van der Waals surface area contributed by atoms with Crippen molar-refractivity contribution in [1.29, 1.82) is 0 Å². The highest BCUT2D eigenvalue weighted by molar-refractivity contribution is 7.80. The second-order valence-electron chi connectivity index (χ2n) is 7.23. The summed E-state index contributed by atoms with van der Waals surface area (Å²) in [7, 11) is 4.49. The van der Waals surface area contributed by atoms with Crippen molar-refractivity contribution < 1.29 is 19.0 Å². The number of methoxy groups -OCH3 is 3. The van der Waals surface area contributed by atoms with Crippen LogP contribution < -0.4 is 24.8 Å². The number of carbonyl (C=O) groups is 1. The molecule has 0 aliphatic carbocycles. The van der Waals surface area contributed by atoms with Gasteiger partial charge in [-0.05, 0) is 42.0 Å². The van der Waals surface area contributed by atoms with Crippen molar-refractivity contribution in [3.8, 4) is 27.8 Å². The first-order valence-corrected chi connectivity index (χ1v) is 11.6. The maximum absolute atomic E-state index is 12.7. The fourth-order valence-corrected chi connectivity index (χ4v) is 4.51. The summed E-state index contributed by atoms with van der Waals surface area (Å²) in [6.45, 7) is 0.467. The van der Waals surface area contributed by atoms with Gasteiger partial charge in [0.2, 0.25) is 5.75 Å². The van der Waals surface area contributed by atoms with E-state index in [4.69, 9.17) is 31.4 Å². The van der Waals surface area contributed by atoms with E-state index in [-0.39, 0.29) is 11.0 Å². The number of thiocarbonyl (C=S) groups is 1. The molecule has 0 spiro atoms. The summed E-state index contributed by atoms with van der Waals surface area (Å²) in [4.78, 5) is 17.4. The lowest BCUT2D eigenvalue weighted by atomic mass is 10.1. The lowest BCUT2D eigenvalue weighted by Gasteiger charge is -2.14. The van der Waals surface area contributed by atoms with E-state index in [0.29, 0.717) is 29.4 Å². The Bertz CT molecular complexity index is 1280. The first-order chi connectivity index (χ1) is 16.5. The highest BCUT2D eigenvalue weighted by Gasteiger charge is 2.17. The maximum Gasteiger partial charge on any atom is 0.257 e. The molecule has 0 radical (unpaired) electrons. The fraction of sp³-hybridized carbons (Fsp3) is 0.160. The molecule has 0 fully saturated rings. The van der Waals surface area contributed by atoms with Gasteiger partial charge in [0.05, 0.1) is 31.5 Å². The van der Waals surface area contributed by atoms with Gasteiger partial charge in [0.1, 0.15) is 5.01 Å². The van der Waals surface area contributed by atoms with Crippen LogP contribution in [0.25, 0.3) is 20.8 Å². The molecule has 0 saturated carbocycles. The van der Waals surface area contributed by atoms with Crippen molar-refractivity contribution in [2.75, 3.05) is 21.3 Å². The van der Waals surface area contributed by atoms with Gasteiger partial charge in [0.15, 0.2) is 16.6 Å². The van der Waals surface area contributed by atoms with Crippen LogP contribution in [0.4, 0.5) is 0 Å². The lowest BCUT2D eigenvalue weighted by Crippen LogP contribution is -2.38. The molecular weight excluding hydrogens is 470 g/mol. The van der Waals surface area contributed by atoms with E-state index in [1.54, 1.807) is 23.5 Å². The van der Waals surface area contributed by atoms with Crippen LogP contribution in [0.2, 0.25) is 0 Å². The second kappa shape index (κ2) is 10.5. The summed E-state index contributed by atoms with van der Waals surface area (Å²) >= 11 is 6.97. The highest BCUT2D eigenvalue weighted by atomic mass is 32.1. The van der Waals surface area contributed by atoms with Crippen LogP contribution in [-0.2, 0) is 6.54 Å². The van der Waals surface area contributed by atoms with Crippen LogP contribution >= 0.6 is 23.6 Å². The van der Waals surface area contributed by atoms with Crippen LogP contribution in [-0.4, -0.2) is 37.3 Å². The van der Waals surface area contributed by atoms with Crippen molar-refractivity contribution in [1.82, 2.24) is 15.6 Å². The average Bonchev–Trinajstić information content (AvgIpc) is 3.31. The maximum atomic E-state index is 12.7. The number of hydrogen-bond acceptors (Lipinski definition) is 7. The third-order valence-corrected chi connectivity index (χ3v) is 6.43. The third kappa shape index (κ3) is 5.11. The first-order valence-electron chi connectivity index (χ1n) is 10.4. The number of nitrogens with one attached hydrogen (secondary N) is 2. The van der Waals surface area contributed by atoms with Crippen LogP contribution in [0.5, 0.6) is 17.2 Å². The van der Waals surface area contributed by atoms with E-state index < -0.39 is 0 Å². The molecular formula is C25H23N3O4S2. The number of ether oxygens (including phenoxy) is 3. The van der Waals surface area contributed by atoms with Crippen molar-refractivity contribution in [2.24, 2.45) is 0 Å². The zero-order chi connectivity index (χ0) is 24.1. The van der Waals surface area contributed by atoms with E-state index in [9.17, 15) is 4.79 Å². The van der Waals surface area contributed by atoms with Gasteiger partial charge < -0.3 is 19.5 Å². The Balaban J connectivity index is 1.37. The molecule has 3 aromatic carbocycles. The predicted molar refractivity (Wildman–Crippen MR) is 138 cm³/mol. The second-order valence-corrected chi connectivity index (χ2v) is 8.67. The number of nitrogens with zero attached hydrogens (tertiary/aromatic N) is 1. The Kier molecular flexibility index (Phi) is 7.24. The Morgan fingerprint density at radius 2 is 1.65 bits per heavy atom. The van der Waals surface area contributed by atoms with Gasteiger partial charge in [0, 0.05) is 17.7 Å². The average molecular weight is 494 g/mol. The molecule has 7 nitrogen and oxygen atoms in total. The molecule has 0 unspecified atom stereocenters. The van der Waals surface area contributed by atoms with Gasteiger partial charge in [0.25, 0.3) is 5.91 Å². The van der Waals surface area contributed by atoms with Gasteiger partial charge in [-0.1, -0.05) is 36.4 Å². The smallest absolute Gasteiger partial charge is 0.257 e. The number of aromatic nitrogens is 1. The van der Waals surface area contributed by atoms with Crippen molar-refractivity contribution in [2.45, 2.75) is 6.54 Å². The van der Waals surface area contributed by atoms with E-state index in [2.05, 4.69) is 16.7 Å². The number of fused-ring (bicyclic) bond motifs is 1. The molecule has 1 aromatic heterocycles. The number of para-hydroxylation sites is 1. The summed E-state index contributed by atoms with van der Waals surface area (Å²) in [5.41, 5.74) is 3.41. The Labute approximate surface area is 206 Å². The van der Waals surface area contributed by atoms with E-state index in [0.717, 1.165) is 26.4 Å². The molecule has 4 rings (SSSR count). The minimum absolute atomic E-state index is 0.217. The zero-order valence-corrected chi connectivity index (χ0v) is 20.5. The molecule has 34 heavy (non-hydrogen) atoms. The molecule has 2 N–H and O–H groups in total. The van der Waals surface area contributed by atoms with Gasteiger partial charge in [-0.3, -0.25) is 10.1 Å². The molecule has 9 heteroatoms. The molecule has 1 amide bonds. The SMILES string of the molecule is COc1cc(C(=O)NC(=S)NCc2ccc(-c3nc4ccccc4s3)cc2)cc(OC)c1OC. The number of thiazole rings is 1. The number of rotatable bonds is 7. The van der Waals surface area contributed by atoms with Gasteiger partial charge in [-0.25, -0.2) is 4.98 Å². The van der Waals surface area contributed by atoms with Gasteiger partial charge >= 0.3 is 0 Å². The summed E-state index contributed by atoms with van der Waals surface area (Å²) in [5, 5.41) is 6.94. The van der Waals surface area contributed by atoms with Crippen LogP contribution in [0, 0.1) is 0 Å². The van der Waals surface area contributed by atoms with E-state index in [1.165, 1.54) is 21.3 Å². The van der Waals surface area contributed by atoms with Gasteiger partial charge in [-0.2, -0.15) is 0 Å². The summed E-state index contributed by atoms with van der Waals surface area (Å²) < 4.78 is 17.1. The Morgan fingerprint density at radius 1 is 0.971 bits per heavy atom. The minimum Gasteiger partial charge on any atom is -0.493 e. The third-order valence-electron chi connectivity index (χ3n) is 5.10. The Morgan fingerprint density at radius 3 is 2.26 bits per heavy atom. The van der Waals surface area contributed by atoms with Crippen LogP contribution in [0.3, 0.4) is 0 Å². The first kappa shape index (κ1) is 23.5.